The Labute approximate surface area is 549 Å². The molecular formula is C79H138NO8P. The van der Waals surface area contributed by atoms with E-state index in [-0.39, 0.29) is 38.6 Å². The average molecular weight is 1260 g/mol. The number of unbranched alkanes of at least 4 members (excludes halogenated alkanes) is 36. The van der Waals surface area contributed by atoms with Crippen LogP contribution >= 0.6 is 7.82 Å². The first-order chi connectivity index (χ1) is 43.8. The molecule has 2 atom stereocenters. The first-order valence-electron chi connectivity index (χ1n) is 37.0. The molecule has 512 valence electrons. The SMILES string of the molecule is CC/C=C\C/C=C\C/C=C\C/C=C\C/C=C\CCCCCCCCCCCCCCCCCCCCCCCCCCCC(=O)OC(COC(=O)CCCCCCCCCCCCC/C=C\C/C=C\C/C=C\C/C=C\C/C=C\CC)COP(=O)(O)OCCN. The van der Waals surface area contributed by atoms with Crippen LogP contribution in [0.2, 0.25) is 0 Å². The Morgan fingerprint density at radius 3 is 0.865 bits per heavy atom. The highest BCUT2D eigenvalue weighted by Crippen LogP contribution is 2.43. The minimum Gasteiger partial charge on any atom is -0.462 e. The number of phosphoric ester groups is 1. The van der Waals surface area contributed by atoms with Gasteiger partial charge in [-0.05, 0) is 103 Å². The molecule has 0 bridgehead atoms. The first-order valence-corrected chi connectivity index (χ1v) is 38.5. The van der Waals surface area contributed by atoms with Gasteiger partial charge in [-0.1, -0.05) is 341 Å². The molecular weight excluding hydrogens is 1120 g/mol. The standard InChI is InChI=1S/C79H138NO8P/c1-3-5-7-9-11-13-15-17-19-21-23-25-27-29-31-32-33-34-35-36-37-38-39-40-41-42-43-44-46-48-50-52-54-56-58-60-62-64-66-68-70-72-79(82)88-77(76-87-89(83,84)86-74-73-80)75-85-78(81)71-69-67-65-63-61-59-57-55-53-51-49-47-45-30-28-26-24-22-20-18-16-14-12-10-8-6-4-2/h5-8,11-14,17-20,23-26,29-31,45,77H,3-4,9-10,15-16,21-22,27-28,32-44,46-76,80H2,1-2H3,(H,83,84)/b7-5-,8-6-,13-11-,14-12-,19-17-,20-18-,25-23-,26-24-,31-29-,45-30-. The van der Waals surface area contributed by atoms with E-state index in [1.54, 1.807) is 0 Å². The number of hydrogen-bond acceptors (Lipinski definition) is 8. The summed E-state index contributed by atoms with van der Waals surface area (Å²) < 4.78 is 33.2. The van der Waals surface area contributed by atoms with Gasteiger partial charge in [0, 0.05) is 19.4 Å². The number of allylic oxidation sites excluding steroid dienone is 20. The summed E-state index contributed by atoms with van der Waals surface area (Å²) in [5, 5.41) is 0. The van der Waals surface area contributed by atoms with Crippen molar-refractivity contribution in [3.63, 3.8) is 0 Å². The molecule has 0 aromatic carbocycles. The van der Waals surface area contributed by atoms with Crippen LogP contribution in [0, 0.1) is 0 Å². The molecule has 0 spiro atoms. The molecule has 3 N–H and O–H groups in total. The zero-order valence-electron chi connectivity index (χ0n) is 57.6. The minimum atomic E-state index is -4.40. The van der Waals surface area contributed by atoms with Crippen LogP contribution in [0.3, 0.4) is 0 Å². The molecule has 2 unspecified atom stereocenters. The topological polar surface area (TPSA) is 134 Å². The van der Waals surface area contributed by atoms with Gasteiger partial charge in [0.15, 0.2) is 6.10 Å². The van der Waals surface area contributed by atoms with Gasteiger partial charge in [0.05, 0.1) is 13.2 Å². The number of hydrogen-bond donors (Lipinski definition) is 2. The molecule has 0 aromatic rings. The maximum Gasteiger partial charge on any atom is 0.472 e. The molecule has 0 heterocycles. The lowest BCUT2D eigenvalue weighted by Gasteiger charge is -2.19. The molecule has 0 aliphatic rings. The summed E-state index contributed by atoms with van der Waals surface area (Å²) in [5.74, 6) is -0.822. The molecule has 0 aromatic heterocycles. The number of rotatable bonds is 69. The van der Waals surface area contributed by atoms with Crippen molar-refractivity contribution in [3.05, 3.63) is 122 Å². The Hall–Kier alpha value is -3.59. The smallest absolute Gasteiger partial charge is 0.462 e. The summed E-state index contributed by atoms with van der Waals surface area (Å²) in [6, 6.07) is 0. The maximum absolute atomic E-state index is 12.8. The number of phosphoric acid groups is 1. The summed E-state index contributed by atoms with van der Waals surface area (Å²) >= 11 is 0. The molecule has 10 heteroatoms. The molecule has 0 amide bonds. The molecule has 0 aliphatic carbocycles. The number of carbonyl (C=O) groups is 2. The predicted octanol–water partition coefficient (Wildman–Crippen LogP) is 24.6. The normalized spacial score (nSPS) is 13.6. The molecule has 0 aliphatic heterocycles. The summed E-state index contributed by atoms with van der Waals surface area (Å²) in [6.07, 6.45) is 103. The van der Waals surface area contributed by atoms with Gasteiger partial charge < -0.3 is 20.1 Å². The number of carbonyl (C=O) groups excluding carboxylic acids is 2. The van der Waals surface area contributed by atoms with Crippen molar-refractivity contribution in [1.82, 2.24) is 0 Å². The zero-order valence-corrected chi connectivity index (χ0v) is 58.5. The van der Waals surface area contributed by atoms with Crippen molar-refractivity contribution < 1.29 is 37.6 Å². The fraction of sp³-hybridized carbons (Fsp3) is 0.722. The Kier molecular flexibility index (Phi) is 70.5. The lowest BCUT2D eigenvalue weighted by molar-refractivity contribution is -0.161. The third-order valence-corrected chi connectivity index (χ3v) is 16.8. The van der Waals surface area contributed by atoms with E-state index in [4.69, 9.17) is 24.3 Å². The largest absolute Gasteiger partial charge is 0.472 e. The summed E-state index contributed by atoms with van der Waals surface area (Å²) in [5.41, 5.74) is 5.41. The fourth-order valence-corrected chi connectivity index (χ4v) is 11.2. The number of ether oxygens (including phenoxy) is 2. The van der Waals surface area contributed by atoms with Crippen molar-refractivity contribution in [2.75, 3.05) is 26.4 Å². The molecule has 0 rings (SSSR count). The third-order valence-electron chi connectivity index (χ3n) is 15.8. The van der Waals surface area contributed by atoms with Gasteiger partial charge in [0.1, 0.15) is 6.61 Å². The van der Waals surface area contributed by atoms with Crippen LogP contribution in [-0.2, 0) is 32.7 Å². The highest BCUT2D eigenvalue weighted by Gasteiger charge is 2.26. The molecule has 0 saturated carbocycles. The highest BCUT2D eigenvalue weighted by atomic mass is 31.2. The van der Waals surface area contributed by atoms with Crippen molar-refractivity contribution in [3.8, 4) is 0 Å². The zero-order chi connectivity index (χ0) is 64.4. The van der Waals surface area contributed by atoms with E-state index < -0.39 is 26.5 Å². The van der Waals surface area contributed by atoms with Crippen molar-refractivity contribution in [2.24, 2.45) is 5.73 Å². The second-order valence-electron chi connectivity index (χ2n) is 24.4. The van der Waals surface area contributed by atoms with Crippen LogP contribution < -0.4 is 5.73 Å². The van der Waals surface area contributed by atoms with Crippen LogP contribution in [0.4, 0.5) is 0 Å². The van der Waals surface area contributed by atoms with Crippen LogP contribution in [0.5, 0.6) is 0 Å². The van der Waals surface area contributed by atoms with Gasteiger partial charge in [0.2, 0.25) is 0 Å². The van der Waals surface area contributed by atoms with Crippen molar-refractivity contribution in [2.45, 2.75) is 341 Å². The van der Waals surface area contributed by atoms with E-state index in [1.807, 2.05) is 0 Å². The van der Waals surface area contributed by atoms with Gasteiger partial charge in [0.25, 0.3) is 0 Å². The van der Waals surface area contributed by atoms with Crippen molar-refractivity contribution in [1.29, 1.82) is 0 Å². The minimum absolute atomic E-state index is 0.0505. The van der Waals surface area contributed by atoms with Gasteiger partial charge in [-0.3, -0.25) is 18.6 Å². The molecule has 0 radical (unpaired) electrons. The van der Waals surface area contributed by atoms with E-state index in [0.29, 0.717) is 6.42 Å². The van der Waals surface area contributed by atoms with E-state index in [0.717, 1.165) is 103 Å². The number of esters is 2. The van der Waals surface area contributed by atoms with E-state index >= 15 is 0 Å². The van der Waals surface area contributed by atoms with Crippen LogP contribution in [0.1, 0.15) is 335 Å². The predicted molar refractivity (Wildman–Crippen MR) is 385 cm³/mol. The summed E-state index contributed by atoms with van der Waals surface area (Å²) in [7, 11) is -4.40. The van der Waals surface area contributed by atoms with Crippen LogP contribution in [0.25, 0.3) is 0 Å². The molecule has 9 nitrogen and oxygen atoms in total. The van der Waals surface area contributed by atoms with Crippen LogP contribution in [0.15, 0.2) is 122 Å². The van der Waals surface area contributed by atoms with Crippen LogP contribution in [-0.4, -0.2) is 49.3 Å². The second kappa shape index (κ2) is 73.5. The third kappa shape index (κ3) is 73.3. The lowest BCUT2D eigenvalue weighted by atomic mass is 10.0. The average Bonchev–Trinajstić information content (AvgIpc) is 3.58. The first kappa shape index (κ1) is 85.4. The van der Waals surface area contributed by atoms with Crippen molar-refractivity contribution >= 4 is 19.8 Å². The Balaban J connectivity index is 3.81. The lowest BCUT2D eigenvalue weighted by Crippen LogP contribution is -2.29. The summed E-state index contributed by atoms with van der Waals surface area (Å²) in [6.45, 7) is 3.55. The van der Waals surface area contributed by atoms with Gasteiger partial charge >= 0.3 is 19.8 Å². The second-order valence-corrected chi connectivity index (χ2v) is 25.9. The fourth-order valence-electron chi connectivity index (χ4n) is 10.5. The highest BCUT2D eigenvalue weighted by molar-refractivity contribution is 7.47. The van der Waals surface area contributed by atoms with E-state index in [2.05, 4.69) is 135 Å². The summed E-state index contributed by atoms with van der Waals surface area (Å²) in [4.78, 5) is 35.4. The van der Waals surface area contributed by atoms with Gasteiger partial charge in [-0.25, -0.2) is 4.57 Å². The number of nitrogens with two attached hydrogens (primary N) is 1. The molecule has 0 saturated heterocycles. The Bertz CT molecular complexity index is 1880. The molecule has 0 fully saturated rings. The maximum atomic E-state index is 12.8. The monoisotopic (exact) mass is 1260 g/mol. The quantitative estimate of drug-likeness (QED) is 0.0264. The Morgan fingerprint density at radius 1 is 0.337 bits per heavy atom. The van der Waals surface area contributed by atoms with Gasteiger partial charge in [-0.2, -0.15) is 0 Å². The Morgan fingerprint density at radius 2 is 0.584 bits per heavy atom. The van der Waals surface area contributed by atoms with E-state index in [1.165, 1.54) is 199 Å². The molecule has 89 heavy (non-hydrogen) atoms. The van der Waals surface area contributed by atoms with E-state index in [9.17, 15) is 19.0 Å². The van der Waals surface area contributed by atoms with Gasteiger partial charge in [-0.15, -0.1) is 0 Å².